The molecule has 0 bridgehead atoms. The molecule has 3 nitrogen and oxygen atoms in total. The van der Waals surface area contributed by atoms with Gasteiger partial charge < -0.3 is 4.98 Å². The SMILES string of the molecule is Cc1ccc(Sc2nc[nH]c(=O)c2Cl)cc1. The molecular weight excluding hydrogens is 244 g/mol. The Hall–Kier alpha value is -1.26. The largest absolute Gasteiger partial charge is 0.312 e. The highest BCUT2D eigenvalue weighted by atomic mass is 35.5. The summed E-state index contributed by atoms with van der Waals surface area (Å²) < 4.78 is 0. The van der Waals surface area contributed by atoms with Crippen LogP contribution in [0.3, 0.4) is 0 Å². The average molecular weight is 253 g/mol. The van der Waals surface area contributed by atoms with Gasteiger partial charge in [0.1, 0.15) is 10.0 Å². The van der Waals surface area contributed by atoms with Crippen LogP contribution in [-0.4, -0.2) is 9.97 Å². The van der Waals surface area contributed by atoms with Crippen molar-refractivity contribution in [2.75, 3.05) is 0 Å². The van der Waals surface area contributed by atoms with Gasteiger partial charge in [-0.15, -0.1) is 0 Å². The van der Waals surface area contributed by atoms with Crippen LogP contribution in [0, 0.1) is 6.92 Å². The monoisotopic (exact) mass is 252 g/mol. The fourth-order valence-corrected chi connectivity index (χ4v) is 2.16. The van der Waals surface area contributed by atoms with Crippen LogP contribution in [0.25, 0.3) is 0 Å². The Morgan fingerprint density at radius 1 is 1.31 bits per heavy atom. The number of hydrogen-bond acceptors (Lipinski definition) is 3. The predicted octanol–water partition coefficient (Wildman–Crippen LogP) is 2.88. The lowest BCUT2D eigenvalue weighted by Crippen LogP contribution is -2.07. The molecule has 1 aromatic heterocycles. The summed E-state index contributed by atoms with van der Waals surface area (Å²) in [5, 5.41) is 0.655. The molecule has 5 heteroatoms. The van der Waals surface area contributed by atoms with Gasteiger partial charge >= 0.3 is 0 Å². The second kappa shape index (κ2) is 4.72. The van der Waals surface area contributed by atoms with Crippen molar-refractivity contribution in [3.05, 3.63) is 51.5 Å². The van der Waals surface area contributed by atoms with Crippen molar-refractivity contribution in [2.45, 2.75) is 16.8 Å². The maximum atomic E-state index is 11.2. The van der Waals surface area contributed by atoms with Gasteiger partial charge in [-0.25, -0.2) is 4.98 Å². The standard InChI is InChI=1S/C11H9ClN2OS/c1-7-2-4-8(5-3-7)16-11-9(12)10(15)13-6-14-11/h2-6H,1H3,(H,13,14,15). The number of hydrogen-bond donors (Lipinski definition) is 1. The summed E-state index contributed by atoms with van der Waals surface area (Å²) in [6.07, 6.45) is 1.35. The molecule has 0 saturated carbocycles. The van der Waals surface area contributed by atoms with Gasteiger partial charge in [0.05, 0.1) is 6.33 Å². The van der Waals surface area contributed by atoms with E-state index in [1.807, 2.05) is 31.2 Å². The van der Waals surface area contributed by atoms with Gasteiger partial charge in [0.25, 0.3) is 5.56 Å². The third-order valence-electron chi connectivity index (χ3n) is 2.00. The van der Waals surface area contributed by atoms with Crippen molar-refractivity contribution >= 4 is 23.4 Å². The van der Waals surface area contributed by atoms with Crippen LogP contribution in [-0.2, 0) is 0 Å². The molecule has 2 aromatic rings. The van der Waals surface area contributed by atoms with Crippen molar-refractivity contribution in [1.29, 1.82) is 0 Å². The minimum absolute atomic E-state index is 0.132. The Balaban J connectivity index is 2.30. The first-order valence-corrected chi connectivity index (χ1v) is 5.84. The molecule has 0 aliphatic rings. The zero-order valence-electron chi connectivity index (χ0n) is 8.53. The molecule has 0 saturated heterocycles. The smallest absolute Gasteiger partial charge is 0.270 e. The highest BCUT2D eigenvalue weighted by Crippen LogP contribution is 2.29. The molecule has 16 heavy (non-hydrogen) atoms. The Morgan fingerprint density at radius 3 is 2.69 bits per heavy atom. The molecular formula is C11H9ClN2OS. The van der Waals surface area contributed by atoms with Gasteiger partial charge in [-0.2, -0.15) is 0 Å². The molecule has 0 aliphatic carbocycles. The zero-order valence-corrected chi connectivity index (χ0v) is 10.1. The van der Waals surface area contributed by atoms with E-state index in [0.29, 0.717) is 5.03 Å². The second-order valence-corrected chi connectivity index (χ2v) is 4.71. The van der Waals surface area contributed by atoms with E-state index < -0.39 is 0 Å². The van der Waals surface area contributed by atoms with Crippen molar-refractivity contribution in [3.8, 4) is 0 Å². The van der Waals surface area contributed by atoms with Crippen LogP contribution in [0.1, 0.15) is 5.56 Å². The lowest BCUT2D eigenvalue weighted by molar-refractivity contribution is 1.01. The summed E-state index contributed by atoms with van der Waals surface area (Å²) in [5.74, 6) is 0. The Labute approximate surface area is 102 Å². The minimum atomic E-state index is -0.314. The molecule has 0 radical (unpaired) electrons. The Morgan fingerprint density at radius 2 is 2.00 bits per heavy atom. The topological polar surface area (TPSA) is 45.8 Å². The van der Waals surface area contributed by atoms with E-state index in [9.17, 15) is 4.79 Å². The molecule has 2 rings (SSSR count). The molecule has 0 atom stereocenters. The van der Waals surface area contributed by atoms with Crippen LogP contribution < -0.4 is 5.56 Å². The van der Waals surface area contributed by atoms with Crippen LogP contribution in [0.2, 0.25) is 5.02 Å². The van der Waals surface area contributed by atoms with E-state index in [1.54, 1.807) is 0 Å². The molecule has 0 amide bonds. The van der Waals surface area contributed by atoms with Crippen LogP contribution in [0.5, 0.6) is 0 Å². The molecule has 1 aromatic carbocycles. The average Bonchev–Trinajstić information content (AvgIpc) is 2.28. The number of H-pyrrole nitrogens is 1. The van der Waals surface area contributed by atoms with E-state index in [1.165, 1.54) is 23.7 Å². The van der Waals surface area contributed by atoms with E-state index in [2.05, 4.69) is 9.97 Å². The molecule has 82 valence electrons. The highest BCUT2D eigenvalue weighted by Gasteiger charge is 2.07. The minimum Gasteiger partial charge on any atom is -0.312 e. The lowest BCUT2D eigenvalue weighted by Gasteiger charge is -2.02. The normalized spacial score (nSPS) is 10.4. The number of benzene rings is 1. The summed E-state index contributed by atoms with van der Waals surface area (Å²) in [4.78, 5) is 18.7. The fraction of sp³-hybridized carbons (Fsp3) is 0.0909. The lowest BCUT2D eigenvalue weighted by atomic mass is 10.2. The van der Waals surface area contributed by atoms with Crippen LogP contribution >= 0.6 is 23.4 Å². The first-order valence-electron chi connectivity index (χ1n) is 4.64. The van der Waals surface area contributed by atoms with Crippen molar-refractivity contribution < 1.29 is 0 Å². The van der Waals surface area contributed by atoms with E-state index in [0.717, 1.165) is 4.90 Å². The molecule has 0 unspecified atom stereocenters. The predicted molar refractivity (Wildman–Crippen MR) is 65.2 cm³/mol. The summed E-state index contributed by atoms with van der Waals surface area (Å²) >= 11 is 7.22. The van der Waals surface area contributed by atoms with Crippen molar-refractivity contribution in [1.82, 2.24) is 9.97 Å². The maximum Gasteiger partial charge on any atom is 0.270 e. The molecule has 1 N–H and O–H groups in total. The third-order valence-corrected chi connectivity index (χ3v) is 3.47. The first-order chi connectivity index (χ1) is 7.66. The fourth-order valence-electron chi connectivity index (χ4n) is 1.16. The molecule has 1 heterocycles. The van der Waals surface area contributed by atoms with E-state index in [-0.39, 0.29) is 10.6 Å². The number of nitrogens with zero attached hydrogens (tertiary/aromatic N) is 1. The van der Waals surface area contributed by atoms with Crippen LogP contribution in [0.15, 0.2) is 45.3 Å². The maximum absolute atomic E-state index is 11.2. The summed E-state index contributed by atoms with van der Waals surface area (Å²) in [5.41, 5.74) is 0.876. The van der Waals surface area contributed by atoms with Gasteiger partial charge in [-0.1, -0.05) is 41.1 Å². The number of aromatic amines is 1. The molecule has 0 fully saturated rings. The van der Waals surface area contributed by atoms with Gasteiger partial charge in [-0.05, 0) is 19.1 Å². The number of nitrogens with one attached hydrogen (secondary N) is 1. The van der Waals surface area contributed by atoms with Crippen molar-refractivity contribution in [2.24, 2.45) is 0 Å². The third kappa shape index (κ3) is 2.46. The second-order valence-electron chi connectivity index (χ2n) is 3.27. The number of aryl methyl sites for hydroxylation is 1. The summed E-state index contributed by atoms with van der Waals surface area (Å²) in [6.45, 7) is 2.02. The Kier molecular flexibility index (Phi) is 3.31. The van der Waals surface area contributed by atoms with Crippen molar-refractivity contribution in [3.63, 3.8) is 0 Å². The summed E-state index contributed by atoms with van der Waals surface area (Å²) in [7, 11) is 0. The summed E-state index contributed by atoms with van der Waals surface area (Å²) in [6, 6.07) is 7.95. The molecule has 0 spiro atoms. The Bertz CT molecular complexity index is 551. The van der Waals surface area contributed by atoms with E-state index >= 15 is 0 Å². The van der Waals surface area contributed by atoms with Gasteiger partial charge in [0, 0.05) is 4.90 Å². The quantitative estimate of drug-likeness (QED) is 0.836. The van der Waals surface area contributed by atoms with Gasteiger partial charge in [-0.3, -0.25) is 4.79 Å². The van der Waals surface area contributed by atoms with Gasteiger partial charge in [0.2, 0.25) is 0 Å². The van der Waals surface area contributed by atoms with E-state index in [4.69, 9.17) is 11.6 Å². The highest BCUT2D eigenvalue weighted by molar-refractivity contribution is 7.99. The number of rotatable bonds is 2. The van der Waals surface area contributed by atoms with Crippen LogP contribution in [0.4, 0.5) is 0 Å². The number of aromatic nitrogens is 2. The first kappa shape index (κ1) is 11.2. The zero-order chi connectivity index (χ0) is 11.5. The number of halogens is 1. The molecule has 0 aliphatic heterocycles. The van der Waals surface area contributed by atoms with Gasteiger partial charge in [0.15, 0.2) is 0 Å².